The highest BCUT2D eigenvalue weighted by molar-refractivity contribution is 7.99. The van der Waals surface area contributed by atoms with Crippen molar-refractivity contribution in [2.45, 2.75) is 32.9 Å². The van der Waals surface area contributed by atoms with Gasteiger partial charge in [0.15, 0.2) is 5.84 Å². The van der Waals surface area contributed by atoms with Crippen molar-refractivity contribution in [3.8, 4) is 0 Å². The highest BCUT2D eigenvalue weighted by Gasteiger charge is 2.04. The molecule has 0 aliphatic rings. The highest BCUT2D eigenvalue weighted by atomic mass is 32.2. The number of rotatable bonds is 8. The summed E-state index contributed by atoms with van der Waals surface area (Å²) in [6.45, 7) is 5.11. The maximum atomic E-state index is 8.62. The van der Waals surface area contributed by atoms with E-state index in [4.69, 9.17) is 10.9 Å². The minimum Gasteiger partial charge on any atom is -0.409 e. The molecule has 1 unspecified atom stereocenters. The molecule has 1 aromatic rings. The normalized spacial score (nSPS) is 13.5. The number of oxime groups is 1. The van der Waals surface area contributed by atoms with E-state index in [0.29, 0.717) is 11.7 Å². The molecule has 19 heavy (non-hydrogen) atoms. The number of pyridine rings is 1. The lowest BCUT2D eigenvalue weighted by Crippen LogP contribution is -2.26. The minimum atomic E-state index is 0.0363. The Morgan fingerprint density at radius 1 is 1.63 bits per heavy atom. The Bertz CT molecular complexity index is 411. The SMILES string of the molecule is CCSCCC(C)NCc1ccnc(/C(N)=N/O)c1. The van der Waals surface area contributed by atoms with Crippen molar-refractivity contribution >= 4 is 17.6 Å². The summed E-state index contributed by atoms with van der Waals surface area (Å²) in [5.74, 6) is 2.38. The van der Waals surface area contributed by atoms with Gasteiger partial charge < -0.3 is 16.3 Å². The van der Waals surface area contributed by atoms with E-state index >= 15 is 0 Å². The van der Waals surface area contributed by atoms with Crippen LogP contribution in [-0.4, -0.2) is 33.6 Å². The quantitative estimate of drug-likeness (QED) is 0.223. The van der Waals surface area contributed by atoms with E-state index in [1.165, 1.54) is 11.5 Å². The molecule has 106 valence electrons. The van der Waals surface area contributed by atoms with Crippen molar-refractivity contribution in [3.05, 3.63) is 29.6 Å². The second-order valence-electron chi connectivity index (χ2n) is 4.30. The first kappa shape index (κ1) is 15.8. The molecule has 0 aliphatic carbocycles. The maximum absolute atomic E-state index is 8.62. The van der Waals surface area contributed by atoms with E-state index in [1.54, 1.807) is 6.20 Å². The highest BCUT2D eigenvalue weighted by Crippen LogP contribution is 2.06. The molecule has 5 nitrogen and oxygen atoms in total. The molecule has 0 aromatic carbocycles. The topological polar surface area (TPSA) is 83.5 Å². The number of nitrogens with one attached hydrogen (secondary N) is 1. The molecule has 4 N–H and O–H groups in total. The predicted octanol–water partition coefficient (Wildman–Crippen LogP) is 1.80. The Labute approximate surface area is 118 Å². The molecule has 0 radical (unpaired) electrons. The Morgan fingerprint density at radius 2 is 2.42 bits per heavy atom. The first-order valence-corrected chi connectivity index (χ1v) is 7.56. The summed E-state index contributed by atoms with van der Waals surface area (Å²) >= 11 is 1.96. The molecule has 0 spiro atoms. The molecular weight excluding hydrogens is 260 g/mol. The third kappa shape index (κ3) is 5.94. The largest absolute Gasteiger partial charge is 0.409 e. The first-order chi connectivity index (χ1) is 9.17. The van der Waals surface area contributed by atoms with Gasteiger partial charge in [-0.3, -0.25) is 4.98 Å². The van der Waals surface area contributed by atoms with Crippen molar-refractivity contribution < 1.29 is 5.21 Å². The zero-order valence-electron chi connectivity index (χ0n) is 11.5. The van der Waals surface area contributed by atoms with E-state index in [-0.39, 0.29) is 5.84 Å². The third-order valence-corrected chi connectivity index (χ3v) is 3.68. The standard InChI is InChI=1S/C13H22N4OS/c1-3-19-7-5-10(2)16-9-11-4-6-15-12(8-11)13(14)17-18/h4,6,8,10,16,18H,3,5,7,9H2,1-2H3,(H2,14,17). The fourth-order valence-electron chi connectivity index (χ4n) is 1.57. The van der Waals surface area contributed by atoms with Gasteiger partial charge in [0.25, 0.3) is 0 Å². The van der Waals surface area contributed by atoms with Crippen LogP contribution in [0.1, 0.15) is 31.5 Å². The maximum Gasteiger partial charge on any atom is 0.188 e. The van der Waals surface area contributed by atoms with Crippen LogP contribution in [-0.2, 0) is 6.54 Å². The second-order valence-corrected chi connectivity index (χ2v) is 5.70. The predicted molar refractivity (Wildman–Crippen MR) is 80.7 cm³/mol. The average molecular weight is 282 g/mol. The lowest BCUT2D eigenvalue weighted by molar-refractivity contribution is 0.318. The molecule has 1 aromatic heterocycles. The summed E-state index contributed by atoms with van der Waals surface area (Å²) in [6.07, 6.45) is 2.82. The van der Waals surface area contributed by atoms with Crippen LogP contribution in [0.3, 0.4) is 0 Å². The van der Waals surface area contributed by atoms with E-state index in [9.17, 15) is 0 Å². The molecule has 0 amide bonds. The van der Waals surface area contributed by atoms with Crippen LogP contribution in [0.25, 0.3) is 0 Å². The number of aromatic nitrogens is 1. The second kappa shape index (κ2) is 8.77. The van der Waals surface area contributed by atoms with Crippen molar-refractivity contribution in [2.75, 3.05) is 11.5 Å². The number of nitrogens with two attached hydrogens (primary N) is 1. The fourth-order valence-corrected chi connectivity index (χ4v) is 2.38. The van der Waals surface area contributed by atoms with Crippen LogP contribution < -0.4 is 11.1 Å². The van der Waals surface area contributed by atoms with Crippen LogP contribution in [0.5, 0.6) is 0 Å². The molecular formula is C13H22N4OS. The number of hydrogen-bond acceptors (Lipinski definition) is 5. The van der Waals surface area contributed by atoms with Crippen molar-refractivity contribution in [1.82, 2.24) is 10.3 Å². The summed E-state index contributed by atoms with van der Waals surface area (Å²) in [6, 6.07) is 4.23. The van der Waals surface area contributed by atoms with Gasteiger partial charge in [-0.1, -0.05) is 12.1 Å². The van der Waals surface area contributed by atoms with Crippen molar-refractivity contribution in [2.24, 2.45) is 10.9 Å². The van der Waals surface area contributed by atoms with Crippen LogP contribution in [0.4, 0.5) is 0 Å². The number of hydrogen-bond donors (Lipinski definition) is 3. The zero-order valence-corrected chi connectivity index (χ0v) is 12.3. The van der Waals surface area contributed by atoms with Gasteiger partial charge in [0.05, 0.1) is 0 Å². The number of nitrogens with zero attached hydrogens (tertiary/aromatic N) is 2. The summed E-state index contributed by atoms with van der Waals surface area (Å²) in [7, 11) is 0. The lowest BCUT2D eigenvalue weighted by atomic mass is 10.2. The van der Waals surface area contributed by atoms with E-state index in [0.717, 1.165) is 18.5 Å². The Morgan fingerprint density at radius 3 is 3.11 bits per heavy atom. The number of thioether (sulfide) groups is 1. The van der Waals surface area contributed by atoms with Crippen LogP contribution >= 0.6 is 11.8 Å². The van der Waals surface area contributed by atoms with Gasteiger partial charge in [0.2, 0.25) is 0 Å². The van der Waals surface area contributed by atoms with E-state index in [1.807, 2.05) is 23.9 Å². The molecule has 0 bridgehead atoms. The van der Waals surface area contributed by atoms with Crippen LogP contribution in [0, 0.1) is 0 Å². The Balaban J connectivity index is 2.45. The summed E-state index contributed by atoms with van der Waals surface area (Å²) in [4.78, 5) is 4.05. The first-order valence-electron chi connectivity index (χ1n) is 6.41. The minimum absolute atomic E-state index is 0.0363. The fraction of sp³-hybridized carbons (Fsp3) is 0.538. The molecule has 1 heterocycles. The zero-order chi connectivity index (χ0) is 14.1. The molecule has 0 aliphatic heterocycles. The van der Waals surface area contributed by atoms with Crippen LogP contribution in [0.15, 0.2) is 23.5 Å². The molecule has 0 saturated heterocycles. The van der Waals surface area contributed by atoms with E-state index < -0.39 is 0 Å². The van der Waals surface area contributed by atoms with Gasteiger partial charge in [0.1, 0.15) is 5.69 Å². The van der Waals surface area contributed by atoms with Gasteiger partial charge in [-0.2, -0.15) is 11.8 Å². The van der Waals surface area contributed by atoms with Crippen molar-refractivity contribution in [3.63, 3.8) is 0 Å². The van der Waals surface area contributed by atoms with Gasteiger partial charge in [-0.05, 0) is 42.5 Å². The molecule has 0 fully saturated rings. The van der Waals surface area contributed by atoms with Gasteiger partial charge in [0, 0.05) is 18.8 Å². The number of amidine groups is 1. The lowest BCUT2D eigenvalue weighted by Gasteiger charge is -2.13. The van der Waals surface area contributed by atoms with Gasteiger partial charge >= 0.3 is 0 Å². The van der Waals surface area contributed by atoms with Gasteiger partial charge in [-0.25, -0.2) is 0 Å². The Kier molecular flexibility index (Phi) is 7.28. The molecule has 1 atom stereocenters. The molecule has 1 rings (SSSR count). The smallest absolute Gasteiger partial charge is 0.188 e. The van der Waals surface area contributed by atoms with E-state index in [2.05, 4.69) is 29.3 Å². The average Bonchev–Trinajstić information content (AvgIpc) is 2.45. The van der Waals surface area contributed by atoms with Gasteiger partial charge in [-0.15, -0.1) is 0 Å². The Hall–Kier alpha value is -1.27. The van der Waals surface area contributed by atoms with Crippen molar-refractivity contribution in [1.29, 1.82) is 0 Å². The summed E-state index contributed by atoms with van der Waals surface area (Å²) in [5, 5.41) is 15.0. The summed E-state index contributed by atoms with van der Waals surface area (Å²) < 4.78 is 0. The summed E-state index contributed by atoms with van der Waals surface area (Å²) in [5.41, 5.74) is 7.09. The molecule has 6 heteroatoms. The molecule has 0 saturated carbocycles. The third-order valence-electron chi connectivity index (χ3n) is 2.75. The van der Waals surface area contributed by atoms with Crippen LogP contribution in [0.2, 0.25) is 0 Å². The monoisotopic (exact) mass is 282 g/mol.